The molecule has 0 atom stereocenters. The third kappa shape index (κ3) is 2.72. The van der Waals surface area contributed by atoms with Crippen LogP contribution in [0.3, 0.4) is 0 Å². The van der Waals surface area contributed by atoms with E-state index in [1.54, 1.807) is 25.3 Å². The number of nitrogens with one attached hydrogen (secondary N) is 1. The molecule has 0 aliphatic rings. The Labute approximate surface area is 122 Å². The molecule has 1 heterocycles. The number of para-hydroxylation sites is 1. The van der Waals surface area contributed by atoms with Crippen molar-refractivity contribution in [3.05, 3.63) is 54.4 Å². The zero-order valence-corrected chi connectivity index (χ0v) is 11.6. The molecule has 2 N–H and O–H groups in total. The van der Waals surface area contributed by atoms with Crippen LogP contribution in [0.5, 0.6) is 11.5 Å². The Bertz CT molecular complexity index is 769. The zero-order valence-electron chi connectivity index (χ0n) is 11.6. The zero-order chi connectivity index (χ0) is 14.7. The Morgan fingerprint density at radius 1 is 1.14 bits per heavy atom. The van der Waals surface area contributed by atoms with Crippen LogP contribution < -0.4 is 10.1 Å². The van der Waals surface area contributed by atoms with Crippen molar-refractivity contribution in [1.29, 1.82) is 0 Å². The van der Waals surface area contributed by atoms with Gasteiger partial charge in [-0.1, -0.05) is 12.1 Å². The van der Waals surface area contributed by atoms with Gasteiger partial charge in [-0.25, -0.2) is 9.97 Å². The molecule has 0 bridgehead atoms. The molecule has 0 saturated heterocycles. The maximum absolute atomic E-state index is 9.89. The number of methoxy groups -OCH3 is 1. The molecule has 0 spiro atoms. The molecule has 2 aromatic carbocycles. The molecule has 5 nitrogen and oxygen atoms in total. The summed E-state index contributed by atoms with van der Waals surface area (Å²) < 4.78 is 5.17. The van der Waals surface area contributed by atoms with Crippen molar-refractivity contribution in [2.75, 3.05) is 12.4 Å². The molecule has 0 amide bonds. The summed E-state index contributed by atoms with van der Waals surface area (Å²) in [5, 5.41) is 14.1. The van der Waals surface area contributed by atoms with E-state index in [4.69, 9.17) is 4.74 Å². The van der Waals surface area contributed by atoms with Crippen LogP contribution in [0, 0.1) is 0 Å². The van der Waals surface area contributed by atoms with Crippen LogP contribution in [0.4, 0.5) is 5.82 Å². The van der Waals surface area contributed by atoms with Crippen molar-refractivity contribution in [1.82, 2.24) is 9.97 Å². The van der Waals surface area contributed by atoms with Gasteiger partial charge in [-0.05, 0) is 30.3 Å². The molecule has 0 unspecified atom stereocenters. The number of phenolic OH excluding ortho intramolecular Hbond substituents is 1. The maximum atomic E-state index is 9.89. The highest BCUT2D eigenvalue weighted by Gasteiger charge is 2.06. The van der Waals surface area contributed by atoms with Gasteiger partial charge in [-0.3, -0.25) is 0 Å². The molecule has 3 rings (SSSR count). The summed E-state index contributed by atoms with van der Waals surface area (Å²) in [7, 11) is 1.60. The van der Waals surface area contributed by atoms with Gasteiger partial charge in [-0.2, -0.15) is 0 Å². The fraction of sp³-hybridized carbons (Fsp3) is 0.125. The van der Waals surface area contributed by atoms with Crippen LogP contribution in [0.15, 0.2) is 48.8 Å². The van der Waals surface area contributed by atoms with Crippen LogP contribution in [-0.2, 0) is 6.54 Å². The van der Waals surface area contributed by atoms with Crippen LogP contribution in [0.1, 0.15) is 5.56 Å². The second-order valence-electron chi connectivity index (χ2n) is 4.59. The van der Waals surface area contributed by atoms with E-state index in [-0.39, 0.29) is 5.75 Å². The van der Waals surface area contributed by atoms with Gasteiger partial charge in [0.05, 0.1) is 12.6 Å². The van der Waals surface area contributed by atoms with E-state index in [9.17, 15) is 5.11 Å². The number of aromatic nitrogens is 2. The predicted octanol–water partition coefficient (Wildman–Crippen LogP) is 2.96. The first-order valence-electron chi connectivity index (χ1n) is 6.57. The second-order valence-corrected chi connectivity index (χ2v) is 4.59. The molecule has 21 heavy (non-hydrogen) atoms. The number of hydrogen-bond donors (Lipinski definition) is 2. The number of rotatable bonds is 4. The summed E-state index contributed by atoms with van der Waals surface area (Å²) in [4.78, 5) is 8.48. The second kappa shape index (κ2) is 5.66. The molecule has 5 heteroatoms. The number of fused-ring (bicyclic) bond motifs is 1. The molecule has 0 fully saturated rings. The number of aromatic hydroxyl groups is 1. The van der Waals surface area contributed by atoms with Crippen LogP contribution in [0.2, 0.25) is 0 Å². The molecule has 0 aliphatic carbocycles. The van der Waals surface area contributed by atoms with Crippen molar-refractivity contribution >= 4 is 16.7 Å². The van der Waals surface area contributed by atoms with Gasteiger partial charge in [0.1, 0.15) is 23.6 Å². The number of phenols is 1. The topological polar surface area (TPSA) is 67.3 Å². The van der Waals surface area contributed by atoms with E-state index < -0.39 is 0 Å². The highest BCUT2D eigenvalue weighted by Crippen LogP contribution is 2.25. The van der Waals surface area contributed by atoms with Crippen molar-refractivity contribution < 1.29 is 9.84 Å². The van der Waals surface area contributed by atoms with E-state index in [0.29, 0.717) is 12.3 Å². The standard InChI is InChI=1S/C16H15N3O2/c1-21-12-6-7-15(20)11(8-12)9-17-16-13-4-2-3-5-14(13)18-10-19-16/h2-8,10,20H,9H2,1H3,(H,17,18,19). The molecule has 3 aromatic rings. The normalized spacial score (nSPS) is 10.5. The lowest BCUT2D eigenvalue weighted by Crippen LogP contribution is -2.03. The Morgan fingerprint density at radius 3 is 2.86 bits per heavy atom. The van der Waals surface area contributed by atoms with Gasteiger partial charge in [0, 0.05) is 17.5 Å². The van der Waals surface area contributed by atoms with Gasteiger partial charge in [0.15, 0.2) is 0 Å². The summed E-state index contributed by atoms with van der Waals surface area (Å²) in [6.07, 6.45) is 1.52. The summed E-state index contributed by atoms with van der Waals surface area (Å²) >= 11 is 0. The van der Waals surface area contributed by atoms with E-state index in [1.165, 1.54) is 6.33 Å². The molecule has 0 aliphatic heterocycles. The van der Waals surface area contributed by atoms with Crippen molar-refractivity contribution in [3.63, 3.8) is 0 Å². The first-order valence-corrected chi connectivity index (χ1v) is 6.57. The number of anilines is 1. The van der Waals surface area contributed by atoms with Crippen molar-refractivity contribution in [2.45, 2.75) is 6.54 Å². The molecular weight excluding hydrogens is 266 g/mol. The fourth-order valence-corrected chi connectivity index (χ4v) is 2.16. The number of nitrogens with zero attached hydrogens (tertiary/aromatic N) is 2. The first-order chi connectivity index (χ1) is 10.3. The largest absolute Gasteiger partial charge is 0.508 e. The lowest BCUT2D eigenvalue weighted by atomic mass is 10.2. The monoisotopic (exact) mass is 281 g/mol. The van der Waals surface area contributed by atoms with Crippen molar-refractivity contribution in [2.24, 2.45) is 0 Å². The lowest BCUT2D eigenvalue weighted by Gasteiger charge is -2.10. The molecule has 1 aromatic heterocycles. The van der Waals surface area contributed by atoms with Gasteiger partial charge < -0.3 is 15.2 Å². The SMILES string of the molecule is COc1ccc(O)c(CNc2ncnc3ccccc23)c1. The minimum Gasteiger partial charge on any atom is -0.508 e. The average Bonchev–Trinajstić information content (AvgIpc) is 2.54. The Hall–Kier alpha value is -2.82. The van der Waals surface area contributed by atoms with Gasteiger partial charge >= 0.3 is 0 Å². The fourth-order valence-electron chi connectivity index (χ4n) is 2.16. The summed E-state index contributed by atoms with van der Waals surface area (Å²) in [6.45, 7) is 0.448. The smallest absolute Gasteiger partial charge is 0.137 e. The van der Waals surface area contributed by atoms with Gasteiger partial charge in [0.2, 0.25) is 0 Å². The van der Waals surface area contributed by atoms with Gasteiger partial charge in [-0.15, -0.1) is 0 Å². The van der Waals surface area contributed by atoms with Crippen molar-refractivity contribution in [3.8, 4) is 11.5 Å². The third-order valence-corrected chi connectivity index (χ3v) is 3.28. The highest BCUT2D eigenvalue weighted by atomic mass is 16.5. The average molecular weight is 281 g/mol. The number of ether oxygens (including phenoxy) is 1. The summed E-state index contributed by atoms with van der Waals surface area (Å²) in [5.41, 5.74) is 1.63. The molecular formula is C16H15N3O2. The molecule has 106 valence electrons. The van der Waals surface area contributed by atoms with Gasteiger partial charge in [0.25, 0.3) is 0 Å². The maximum Gasteiger partial charge on any atom is 0.137 e. The summed E-state index contributed by atoms with van der Waals surface area (Å²) in [6, 6.07) is 12.9. The minimum atomic E-state index is 0.224. The van der Waals surface area contributed by atoms with E-state index in [2.05, 4.69) is 15.3 Å². The molecule has 0 saturated carbocycles. The van der Waals surface area contributed by atoms with E-state index in [1.807, 2.05) is 24.3 Å². The Kier molecular flexibility index (Phi) is 3.55. The Morgan fingerprint density at radius 2 is 2.00 bits per heavy atom. The Balaban J connectivity index is 1.87. The van der Waals surface area contributed by atoms with Crippen LogP contribution in [-0.4, -0.2) is 22.2 Å². The van der Waals surface area contributed by atoms with Crippen LogP contribution in [0.25, 0.3) is 10.9 Å². The highest BCUT2D eigenvalue weighted by molar-refractivity contribution is 5.88. The summed E-state index contributed by atoms with van der Waals surface area (Å²) in [5.74, 6) is 1.67. The van der Waals surface area contributed by atoms with E-state index in [0.717, 1.165) is 22.3 Å². The van der Waals surface area contributed by atoms with E-state index >= 15 is 0 Å². The minimum absolute atomic E-state index is 0.224. The van der Waals surface area contributed by atoms with Crippen LogP contribution >= 0.6 is 0 Å². The lowest BCUT2D eigenvalue weighted by molar-refractivity contribution is 0.411. The number of benzene rings is 2. The third-order valence-electron chi connectivity index (χ3n) is 3.28. The number of hydrogen-bond acceptors (Lipinski definition) is 5. The first kappa shape index (κ1) is 13.2. The predicted molar refractivity (Wildman–Crippen MR) is 81.5 cm³/mol. The molecule has 0 radical (unpaired) electrons. The quantitative estimate of drug-likeness (QED) is 0.769.